The Morgan fingerprint density at radius 3 is 2.85 bits per heavy atom. The molecule has 9 rings (SSSR count). The quantitative estimate of drug-likeness (QED) is 0.262. The highest BCUT2D eigenvalue weighted by atomic mass is 35.5. The van der Waals surface area contributed by atoms with Crippen LogP contribution in [0.3, 0.4) is 0 Å². The lowest BCUT2D eigenvalue weighted by atomic mass is 9.95. The molecular formula is C33H30ClF3N6O3S. The van der Waals surface area contributed by atoms with Crippen LogP contribution < -0.4 is 20.1 Å². The predicted octanol–water partition coefficient (Wildman–Crippen LogP) is 6.23. The molecule has 9 nitrogen and oxygen atoms in total. The van der Waals surface area contributed by atoms with Crippen LogP contribution in [0, 0.1) is 28.9 Å². The third-order valence-electron chi connectivity index (χ3n) is 10.5. The van der Waals surface area contributed by atoms with E-state index in [2.05, 4.69) is 20.9 Å². The summed E-state index contributed by atoms with van der Waals surface area (Å²) in [5, 5.41) is 10.5. The summed E-state index contributed by atoms with van der Waals surface area (Å²) >= 11 is 8.06. The Morgan fingerprint density at radius 2 is 2.04 bits per heavy atom. The lowest BCUT2D eigenvalue weighted by Gasteiger charge is -2.34. The fourth-order valence-electron chi connectivity index (χ4n) is 8.09. The van der Waals surface area contributed by atoms with E-state index < -0.39 is 23.3 Å². The van der Waals surface area contributed by atoms with E-state index >= 15 is 8.78 Å². The largest absolute Gasteiger partial charge is 0.485 e. The highest BCUT2D eigenvalue weighted by molar-refractivity contribution is 7.23. The third-order valence-corrected chi connectivity index (χ3v) is 11.9. The third kappa shape index (κ3) is 4.48. The molecule has 4 aliphatic heterocycles. The molecule has 6 heterocycles. The number of nitrogens with two attached hydrogens (primary N) is 1. The number of halogens is 4. The molecule has 244 valence electrons. The van der Waals surface area contributed by atoms with Crippen LogP contribution in [0.15, 0.2) is 12.1 Å². The van der Waals surface area contributed by atoms with Crippen LogP contribution in [0.4, 0.5) is 24.0 Å². The Labute approximate surface area is 276 Å². The van der Waals surface area contributed by atoms with Gasteiger partial charge in [-0.15, -0.1) is 11.3 Å². The summed E-state index contributed by atoms with van der Waals surface area (Å²) in [6, 6.07) is 4.82. The lowest BCUT2D eigenvalue weighted by Crippen LogP contribution is -2.43. The second-order valence-corrected chi connectivity index (χ2v) is 14.8. The fourth-order valence-corrected chi connectivity index (χ4v) is 9.36. The van der Waals surface area contributed by atoms with Crippen molar-refractivity contribution in [1.29, 1.82) is 5.26 Å². The fraction of sp³-hybridized carbons (Fsp3) is 0.485. The minimum atomic E-state index is -0.935. The van der Waals surface area contributed by atoms with Crippen LogP contribution >= 0.6 is 22.9 Å². The van der Waals surface area contributed by atoms with Crippen molar-refractivity contribution in [2.45, 2.75) is 56.0 Å². The normalized spacial score (nSPS) is 27.0. The topological polar surface area (TPSA) is 110 Å². The van der Waals surface area contributed by atoms with Crippen LogP contribution in [0.25, 0.3) is 32.1 Å². The van der Waals surface area contributed by atoms with Crippen molar-refractivity contribution in [2.24, 2.45) is 5.92 Å². The van der Waals surface area contributed by atoms with Crippen LogP contribution in [0.2, 0.25) is 5.02 Å². The zero-order chi connectivity index (χ0) is 32.2. The second kappa shape index (κ2) is 10.7. The van der Waals surface area contributed by atoms with Gasteiger partial charge in [0.05, 0.1) is 39.4 Å². The Hall–Kier alpha value is -3.57. The Morgan fingerprint density at radius 1 is 1.19 bits per heavy atom. The average molecular weight is 683 g/mol. The molecule has 5 aliphatic rings. The van der Waals surface area contributed by atoms with E-state index in [0.717, 1.165) is 43.6 Å². The first-order chi connectivity index (χ1) is 22.8. The monoisotopic (exact) mass is 682 g/mol. The zero-order valence-corrected chi connectivity index (χ0v) is 26.8. The summed E-state index contributed by atoms with van der Waals surface area (Å²) < 4.78 is 65.7. The maximum Gasteiger partial charge on any atom is 0.319 e. The van der Waals surface area contributed by atoms with E-state index in [1.807, 2.05) is 0 Å². The molecule has 0 bridgehead atoms. The Bertz CT molecular complexity index is 2020. The van der Waals surface area contributed by atoms with Crippen LogP contribution in [0.1, 0.15) is 37.7 Å². The predicted molar refractivity (Wildman–Crippen MR) is 172 cm³/mol. The van der Waals surface area contributed by atoms with Gasteiger partial charge in [-0.25, -0.2) is 13.2 Å². The zero-order valence-electron chi connectivity index (χ0n) is 25.2. The lowest BCUT2D eigenvalue weighted by molar-refractivity contribution is 0.107. The highest BCUT2D eigenvalue weighted by Gasteiger charge is 2.50. The number of anilines is 2. The van der Waals surface area contributed by atoms with Gasteiger partial charge in [-0.3, -0.25) is 4.90 Å². The van der Waals surface area contributed by atoms with Crippen molar-refractivity contribution >= 4 is 54.7 Å². The van der Waals surface area contributed by atoms with Crippen molar-refractivity contribution in [1.82, 2.24) is 14.9 Å². The molecule has 2 aromatic carbocycles. The van der Waals surface area contributed by atoms with Crippen molar-refractivity contribution in [3.05, 3.63) is 34.4 Å². The summed E-state index contributed by atoms with van der Waals surface area (Å²) in [6.45, 7) is 2.74. The van der Waals surface area contributed by atoms with E-state index in [-0.39, 0.29) is 78.7 Å². The van der Waals surface area contributed by atoms with E-state index in [1.165, 1.54) is 12.1 Å². The molecule has 2 aromatic heterocycles. The molecule has 14 heteroatoms. The molecule has 1 saturated carbocycles. The van der Waals surface area contributed by atoms with E-state index in [9.17, 15) is 9.65 Å². The van der Waals surface area contributed by atoms with E-state index in [0.29, 0.717) is 43.9 Å². The van der Waals surface area contributed by atoms with Gasteiger partial charge in [0, 0.05) is 42.4 Å². The highest BCUT2D eigenvalue weighted by Crippen LogP contribution is 2.52. The van der Waals surface area contributed by atoms with Gasteiger partial charge in [0.25, 0.3) is 0 Å². The molecule has 2 N–H and O–H groups in total. The second-order valence-electron chi connectivity index (χ2n) is 13.3. The molecule has 3 saturated heterocycles. The van der Waals surface area contributed by atoms with Crippen molar-refractivity contribution < 1.29 is 27.4 Å². The maximum atomic E-state index is 17.2. The van der Waals surface area contributed by atoms with Gasteiger partial charge in [0.15, 0.2) is 11.6 Å². The summed E-state index contributed by atoms with van der Waals surface area (Å²) in [5.41, 5.74) is 5.73. The number of aromatic nitrogens is 2. The number of nitrogens with zero attached hydrogens (tertiary/aromatic N) is 5. The summed E-state index contributed by atoms with van der Waals surface area (Å²) in [7, 11) is 0. The number of ether oxygens (including phenoxy) is 3. The van der Waals surface area contributed by atoms with Crippen LogP contribution in [0.5, 0.6) is 11.8 Å². The van der Waals surface area contributed by atoms with E-state index in [4.69, 9.17) is 36.5 Å². The summed E-state index contributed by atoms with van der Waals surface area (Å²) in [4.78, 5) is 13.8. The van der Waals surface area contributed by atoms with Gasteiger partial charge in [-0.2, -0.15) is 15.2 Å². The Kier molecular flexibility index (Phi) is 6.74. The van der Waals surface area contributed by atoms with Gasteiger partial charge in [0.2, 0.25) is 0 Å². The first-order valence-corrected chi connectivity index (χ1v) is 17.1. The molecular weight excluding hydrogens is 653 g/mol. The minimum Gasteiger partial charge on any atom is -0.485 e. The van der Waals surface area contributed by atoms with Gasteiger partial charge in [0.1, 0.15) is 47.1 Å². The molecule has 0 spiro atoms. The van der Waals surface area contributed by atoms with E-state index in [1.54, 1.807) is 0 Å². The number of nitrogen functional groups attached to an aromatic ring is 1. The molecule has 0 radical (unpaired) electrons. The summed E-state index contributed by atoms with van der Waals surface area (Å²) in [6.07, 6.45) is 2.71. The number of benzene rings is 2. The van der Waals surface area contributed by atoms with Crippen LogP contribution in [-0.2, 0) is 4.74 Å². The first kappa shape index (κ1) is 29.6. The molecule has 0 amide bonds. The number of hydrogen-bond acceptors (Lipinski definition) is 10. The number of nitriles is 1. The molecule has 4 aromatic rings. The molecule has 4 atom stereocenters. The van der Waals surface area contributed by atoms with Crippen molar-refractivity contribution in [2.75, 3.05) is 50.1 Å². The summed E-state index contributed by atoms with van der Waals surface area (Å²) in [5.74, 6) is -0.723. The van der Waals surface area contributed by atoms with Crippen molar-refractivity contribution in [3.63, 3.8) is 0 Å². The number of fused-ring (bicyclic) bond motifs is 3. The van der Waals surface area contributed by atoms with Crippen molar-refractivity contribution in [3.8, 4) is 29.0 Å². The number of rotatable bonds is 5. The minimum absolute atomic E-state index is 0.00647. The standard InChI is InChI=1S/C33H30ClF3N6O3S/c34-25-23(18-4-5-20(36)29-22(18)19(9-38)30(39)47-29)26(37)27-24-28(25)46-21-13-44-12-15(21)10-43(17-2-3-17)31(24)41-32(40-27)45-14-33-6-1-7-42(33)11-16(35)8-33/h4-5,15-17,21H,1-3,6-8,10-14,39H2/t15?,16-,21?,33+/m1/s1. The van der Waals surface area contributed by atoms with Gasteiger partial charge in [-0.05, 0) is 43.9 Å². The number of hydrogen-bond donors (Lipinski definition) is 1. The molecule has 2 unspecified atom stereocenters. The van der Waals surface area contributed by atoms with Gasteiger partial charge >= 0.3 is 6.01 Å². The SMILES string of the molecule is N#Cc1c(N)sc2c(F)ccc(-c3c(Cl)c4c5c(nc(OC[C@@]67CCCN6C[C@H](F)C7)nc5c3F)N(C3CC3)CC3COCC3O4)c12. The maximum absolute atomic E-state index is 17.2. The van der Waals surface area contributed by atoms with Gasteiger partial charge < -0.3 is 24.8 Å². The van der Waals surface area contributed by atoms with Crippen LogP contribution in [-0.4, -0.2) is 78.2 Å². The smallest absolute Gasteiger partial charge is 0.319 e. The number of thiophene rings is 1. The number of alkyl halides is 1. The first-order valence-electron chi connectivity index (χ1n) is 15.9. The molecule has 1 aliphatic carbocycles. The molecule has 4 fully saturated rings. The average Bonchev–Trinajstić information content (AvgIpc) is 3.34. The Balaban J connectivity index is 1.28. The molecule has 47 heavy (non-hydrogen) atoms. The van der Waals surface area contributed by atoms with Gasteiger partial charge in [-0.1, -0.05) is 17.7 Å².